The third kappa shape index (κ3) is 5.35. The zero-order chi connectivity index (χ0) is 23.5. The molecule has 6 nitrogen and oxygen atoms in total. The Labute approximate surface area is 191 Å². The van der Waals surface area contributed by atoms with E-state index in [9.17, 15) is 22.8 Å². The molecule has 0 atom stereocenters. The fraction of sp³-hybridized carbons (Fsp3) is 0.143. The molecule has 32 heavy (non-hydrogen) atoms. The summed E-state index contributed by atoms with van der Waals surface area (Å²) in [7, 11) is 0. The van der Waals surface area contributed by atoms with Gasteiger partial charge in [0.05, 0.1) is 17.7 Å². The summed E-state index contributed by atoms with van der Waals surface area (Å²) in [6.07, 6.45) is -1.84. The highest BCUT2D eigenvalue weighted by molar-refractivity contribution is 6.36. The van der Waals surface area contributed by atoms with Crippen LogP contribution in [0, 0.1) is 0 Å². The molecule has 0 spiro atoms. The van der Waals surface area contributed by atoms with Crippen LogP contribution in [0.4, 0.5) is 30.4 Å². The second-order valence-corrected chi connectivity index (χ2v) is 7.39. The van der Waals surface area contributed by atoms with Gasteiger partial charge in [-0.3, -0.25) is 19.5 Å². The van der Waals surface area contributed by atoms with Gasteiger partial charge in [-0.25, -0.2) is 4.98 Å². The van der Waals surface area contributed by atoms with Crippen molar-refractivity contribution in [1.82, 2.24) is 9.97 Å². The van der Waals surface area contributed by atoms with Gasteiger partial charge < -0.3 is 5.32 Å². The Morgan fingerprint density at radius 2 is 1.78 bits per heavy atom. The number of hydrogen-bond donors (Lipinski definition) is 1. The zero-order valence-electron chi connectivity index (χ0n) is 16.5. The number of aromatic nitrogens is 2. The van der Waals surface area contributed by atoms with E-state index in [2.05, 4.69) is 15.3 Å². The molecule has 0 unspecified atom stereocenters. The standard InChI is InChI=1S/C21H15Cl2F3N4O2/c1-12(31)30(18-6-7-27-11-15(18)21(24,25)26)19-9-13(5-8-28-19)29-20(32)10-14-16(22)3-2-4-17(14)23/h2-9,11H,10H2,1H3,(H,28,29,32). The summed E-state index contributed by atoms with van der Waals surface area (Å²) < 4.78 is 40.3. The number of anilines is 3. The molecular weight excluding hydrogens is 468 g/mol. The number of halogens is 5. The van der Waals surface area contributed by atoms with Crippen LogP contribution in [-0.2, 0) is 22.2 Å². The lowest BCUT2D eigenvalue weighted by Crippen LogP contribution is -2.27. The van der Waals surface area contributed by atoms with E-state index in [-0.39, 0.29) is 17.9 Å². The van der Waals surface area contributed by atoms with Crippen molar-refractivity contribution in [3.05, 3.63) is 76.2 Å². The molecule has 3 rings (SSSR count). The Balaban J connectivity index is 1.90. The Morgan fingerprint density at radius 3 is 2.41 bits per heavy atom. The van der Waals surface area contributed by atoms with E-state index in [4.69, 9.17) is 23.2 Å². The molecule has 0 fully saturated rings. The van der Waals surface area contributed by atoms with Crippen molar-refractivity contribution in [1.29, 1.82) is 0 Å². The molecular formula is C21H15Cl2F3N4O2. The molecule has 11 heteroatoms. The third-order valence-electron chi connectivity index (χ3n) is 4.32. The predicted octanol–water partition coefficient (Wildman–Crippen LogP) is 5.67. The topological polar surface area (TPSA) is 75.2 Å². The fourth-order valence-corrected chi connectivity index (χ4v) is 3.47. The quantitative estimate of drug-likeness (QED) is 0.508. The lowest BCUT2D eigenvalue weighted by atomic mass is 10.1. The van der Waals surface area contributed by atoms with E-state index in [0.29, 0.717) is 21.8 Å². The summed E-state index contributed by atoms with van der Waals surface area (Å²) in [4.78, 5) is 33.0. The van der Waals surface area contributed by atoms with Crippen LogP contribution in [0.15, 0.2) is 55.0 Å². The van der Waals surface area contributed by atoms with Crippen LogP contribution in [0.2, 0.25) is 10.0 Å². The molecule has 3 aromatic rings. The number of benzene rings is 1. The minimum atomic E-state index is -4.74. The number of alkyl halides is 3. The molecule has 1 N–H and O–H groups in total. The molecule has 1 aromatic carbocycles. The normalized spacial score (nSPS) is 11.2. The summed E-state index contributed by atoms with van der Waals surface area (Å²) in [5, 5.41) is 3.25. The predicted molar refractivity (Wildman–Crippen MR) is 115 cm³/mol. The van der Waals surface area contributed by atoms with E-state index >= 15 is 0 Å². The molecule has 0 aliphatic carbocycles. The molecule has 0 saturated carbocycles. The second kappa shape index (κ2) is 9.54. The van der Waals surface area contributed by atoms with Crippen LogP contribution in [0.1, 0.15) is 18.1 Å². The maximum atomic E-state index is 13.4. The summed E-state index contributed by atoms with van der Waals surface area (Å²) in [5.41, 5.74) is -0.879. The van der Waals surface area contributed by atoms with Gasteiger partial charge >= 0.3 is 6.18 Å². The fourth-order valence-electron chi connectivity index (χ4n) is 2.94. The zero-order valence-corrected chi connectivity index (χ0v) is 18.0. The van der Waals surface area contributed by atoms with E-state index in [0.717, 1.165) is 24.1 Å². The molecule has 0 aliphatic rings. The minimum Gasteiger partial charge on any atom is -0.326 e. The highest BCUT2D eigenvalue weighted by Gasteiger charge is 2.36. The Morgan fingerprint density at radius 1 is 1.09 bits per heavy atom. The summed E-state index contributed by atoms with van der Waals surface area (Å²) >= 11 is 12.2. The molecule has 2 amide bonds. The number of nitrogens with zero attached hydrogens (tertiary/aromatic N) is 3. The van der Waals surface area contributed by atoms with Crippen molar-refractivity contribution in [3.8, 4) is 0 Å². The monoisotopic (exact) mass is 482 g/mol. The first-order valence-corrected chi connectivity index (χ1v) is 9.84. The third-order valence-corrected chi connectivity index (χ3v) is 5.02. The molecule has 166 valence electrons. The number of rotatable bonds is 5. The van der Waals surface area contributed by atoms with Crippen molar-refractivity contribution in [3.63, 3.8) is 0 Å². The van der Waals surface area contributed by atoms with Crippen LogP contribution in [0.25, 0.3) is 0 Å². The number of carbonyl (C=O) groups excluding carboxylic acids is 2. The van der Waals surface area contributed by atoms with Crippen molar-refractivity contribution in [2.75, 3.05) is 10.2 Å². The van der Waals surface area contributed by atoms with Crippen molar-refractivity contribution in [2.24, 2.45) is 0 Å². The first-order valence-electron chi connectivity index (χ1n) is 9.08. The highest BCUT2D eigenvalue weighted by Crippen LogP contribution is 2.38. The van der Waals surface area contributed by atoms with Crippen molar-refractivity contribution < 1.29 is 22.8 Å². The maximum absolute atomic E-state index is 13.4. The summed E-state index contributed by atoms with van der Waals surface area (Å²) in [6.45, 7) is 1.10. The SMILES string of the molecule is CC(=O)N(c1cc(NC(=O)Cc2c(Cl)cccc2Cl)ccn1)c1ccncc1C(F)(F)F. The van der Waals surface area contributed by atoms with Crippen molar-refractivity contribution >= 4 is 52.2 Å². The first-order chi connectivity index (χ1) is 15.1. The van der Waals surface area contributed by atoms with Crippen LogP contribution in [-0.4, -0.2) is 21.8 Å². The Bertz CT molecular complexity index is 1150. The molecule has 2 aromatic heterocycles. The second-order valence-electron chi connectivity index (χ2n) is 6.57. The summed E-state index contributed by atoms with van der Waals surface area (Å²) in [6, 6.07) is 8.62. The Hall–Kier alpha value is -3.17. The van der Waals surface area contributed by atoms with E-state index in [1.807, 2.05) is 0 Å². The number of hydrogen-bond acceptors (Lipinski definition) is 4. The highest BCUT2D eigenvalue weighted by atomic mass is 35.5. The smallest absolute Gasteiger partial charge is 0.326 e. The first kappa shape index (κ1) is 23.5. The van der Waals surface area contributed by atoms with E-state index in [1.54, 1.807) is 18.2 Å². The van der Waals surface area contributed by atoms with Gasteiger partial charge in [0.2, 0.25) is 11.8 Å². The number of amides is 2. The van der Waals surface area contributed by atoms with Gasteiger partial charge in [0.15, 0.2) is 0 Å². The summed E-state index contributed by atoms with van der Waals surface area (Å²) in [5.74, 6) is -1.28. The van der Waals surface area contributed by atoms with Gasteiger partial charge in [0.25, 0.3) is 0 Å². The molecule has 0 radical (unpaired) electrons. The van der Waals surface area contributed by atoms with Gasteiger partial charge in [-0.15, -0.1) is 0 Å². The number of carbonyl (C=O) groups is 2. The lowest BCUT2D eigenvalue weighted by Gasteiger charge is -2.24. The van der Waals surface area contributed by atoms with Gasteiger partial charge in [0.1, 0.15) is 5.82 Å². The van der Waals surface area contributed by atoms with Gasteiger partial charge in [-0.2, -0.15) is 13.2 Å². The average Bonchev–Trinajstić information content (AvgIpc) is 2.71. The largest absolute Gasteiger partial charge is 0.419 e. The van der Waals surface area contributed by atoms with Crippen molar-refractivity contribution in [2.45, 2.75) is 19.5 Å². The molecule has 0 saturated heterocycles. The van der Waals surface area contributed by atoms with E-state index in [1.165, 1.54) is 18.3 Å². The van der Waals surface area contributed by atoms with Gasteiger partial charge in [-0.1, -0.05) is 29.3 Å². The number of nitrogens with one attached hydrogen (secondary N) is 1. The lowest BCUT2D eigenvalue weighted by molar-refractivity contribution is -0.137. The van der Waals surface area contributed by atoms with Gasteiger partial charge in [-0.05, 0) is 29.8 Å². The molecule has 0 aliphatic heterocycles. The average molecular weight is 483 g/mol. The number of pyridine rings is 2. The Kier molecular flexibility index (Phi) is 7.00. The van der Waals surface area contributed by atoms with Crippen LogP contribution in [0.3, 0.4) is 0 Å². The van der Waals surface area contributed by atoms with Crippen LogP contribution < -0.4 is 10.2 Å². The van der Waals surface area contributed by atoms with Crippen LogP contribution >= 0.6 is 23.2 Å². The maximum Gasteiger partial charge on any atom is 0.419 e. The van der Waals surface area contributed by atoms with Crippen LogP contribution in [0.5, 0.6) is 0 Å². The minimum absolute atomic E-state index is 0.109. The molecule has 0 bridgehead atoms. The van der Waals surface area contributed by atoms with Gasteiger partial charge in [0, 0.05) is 47.3 Å². The molecule has 2 heterocycles. The van der Waals surface area contributed by atoms with E-state index < -0.39 is 29.2 Å².